The highest BCUT2D eigenvalue weighted by molar-refractivity contribution is 7.89. The minimum Gasteiger partial charge on any atom is -0.348 e. The van der Waals surface area contributed by atoms with Gasteiger partial charge in [-0.2, -0.15) is 9.57 Å². The van der Waals surface area contributed by atoms with Gasteiger partial charge in [-0.3, -0.25) is 9.69 Å². The Morgan fingerprint density at radius 1 is 0.886 bits per heavy atom. The first-order valence-corrected chi connectivity index (χ1v) is 13.1. The summed E-state index contributed by atoms with van der Waals surface area (Å²) in [5.41, 5.74) is 2.45. The van der Waals surface area contributed by atoms with Gasteiger partial charge in [0.25, 0.3) is 0 Å². The summed E-state index contributed by atoms with van der Waals surface area (Å²) in [6.45, 7) is 2.92. The van der Waals surface area contributed by atoms with E-state index in [1.807, 2.05) is 30.3 Å². The van der Waals surface area contributed by atoms with Crippen LogP contribution in [0.3, 0.4) is 0 Å². The lowest BCUT2D eigenvalue weighted by Crippen LogP contribution is -2.53. The molecule has 0 bridgehead atoms. The third-order valence-electron chi connectivity index (χ3n) is 6.81. The van der Waals surface area contributed by atoms with Crippen molar-refractivity contribution in [2.24, 2.45) is 0 Å². The summed E-state index contributed by atoms with van der Waals surface area (Å²) in [7, 11) is -3.79. The summed E-state index contributed by atoms with van der Waals surface area (Å²) in [5, 5.41) is 9.31. The highest BCUT2D eigenvalue weighted by atomic mass is 32.2. The molecule has 5 rings (SSSR count). The van der Waals surface area contributed by atoms with Crippen LogP contribution in [0.2, 0.25) is 0 Å². The number of carbonyl (C=O) groups excluding carboxylic acids is 1. The zero-order valence-electron chi connectivity index (χ0n) is 19.3. The number of sulfonamides is 1. The Morgan fingerprint density at radius 3 is 2.34 bits per heavy atom. The number of benzene rings is 2. The van der Waals surface area contributed by atoms with E-state index in [0.717, 1.165) is 18.7 Å². The van der Waals surface area contributed by atoms with Crippen molar-refractivity contribution in [3.8, 4) is 6.07 Å². The second-order valence-electron chi connectivity index (χ2n) is 8.80. The molecule has 1 fully saturated rings. The van der Waals surface area contributed by atoms with E-state index in [1.165, 1.54) is 22.1 Å². The van der Waals surface area contributed by atoms with E-state index in [4.69, 9.17) is 0 Å². The fourth-order valence-corrected chi connectivity index (χ4v) is 6.56. The SMILES string of the molecule is N#Cc1ccccc1S(=O)(=O)N1CCN(C(=O)CN2CCn3cccc3C2c2ccccc2)CC1. The van der Waals surface area contributed by atoms with Gasteiger partial charge in [-0.15, -0.1) is 0 Å². The summed E-state index contributed by atoms with van der Waals surface area (Å²) in [6.07, 6.45) is 2.08. The first-order valence-electron chi connectivity index (χ1n) is 11.7. The Hall–Kier alpha value is -3.45. The minimum absolute atomic E-state index is 0.000380. The maximum absolute atomic E-state index is 13.3. The molecule has 1 amide bonds. The van der Waals surface area contributed by atoms with Crippen molar-refractivity contribution in [1.82, 2.24) is 18.7 Å². The molecular weight excluding hydrogens is 462 g/mol. The highest BCUT2D eigenvalue weighted by Gasteiger charge is 2.34. The molecule has 2 aliphatic rings. The standard InChI is InChI=1S/C26H27N5O3S/c27-19-22-9-4-5-11-24(22)35(33,34)31-17-15-29(16-18-31)25(32)20-30-14-13-28-12-6-10-23(28)26(30)21-7-2-1-3-8-21/h1-12,26H,13-18,20H2. The zero-order chi connectivity index (χ0) is 24.4. The van der Waals surface area contributed by atoms with E-state index in [2.05, 4.69) is 33.9 Å². The number of rotatable bonds is 5. The molecule has 2 aliphatic heterocycles. The van der Waals surface area contributed by atoms with Crippen molar-refractivity contribution in [1.29, 1.82) is 5.26 Å². The second kappa shape index (κ2) is 9.66. The van der Waals surface area contributed by atoms with Crippen LogP contribution in [0.1, 0.15) is 22.9 Å². The fraction of sp³-hybridized carbons (Fsp3) is 0.308. The Bertz CT molecular complexity index is 1350. The van der Waals surface area contributed by atoms with Crippen LogP contribution in [0.4, 0.5) is 0 Å². The predicted octanol–water partition coefficient (Wildman–Crippen LogP) is 2.30. The Labute approximate surface area is 205 Å². The van der Waals surface area contributed by atoms with E-state index >= 15 is 0 Å². The van der Waals surface area contributed by atoms with Crippen molar-refractivity contribution < 1.29 is 13.2 Å². The van der Waals surface area contributed by atoms with Crippen LogP contribution in [-0.4, -0.2) is 72.3 Å². The topological polar surface area (TPSA) is 89.6 Å². The van der Waals surface area contributed by atoms with Crippen molar-refractivity contribution in [3.05, 3.63) is 89.7 Å². The van der Waals surface area contributed by atoms with Crippen molar-refractivity contribution in [3.63, 3.8) is 0 Å². The lowest BCUT2D eigenvalue weighted by atomic mass is 10.00. The molecule has 0 N–H and O–H groups in total. The third kappa shape index (κ3) is 4.48. The average Bonchev–Trinajstić information content (AvgIpc) is 3.38. The van der Waals surface area contributed by atoms with Crippen molar-refractivity contribution >= 4 is 15.9 Å². The molecule has 1 atom stereocenters. The molecular formula is C26H27N5O3S. The molecule has 8 nitrogen and oxygen atoms in total. The Morgan fingerprint density at radius 2 is 1.60 bits per heavy atom. The number of aromatic nitrogens is 1. The number of fused-ring (bicyclic) bond motifs is 1. The molecule has 1 saturated heterocycles. The van der Waals surface area contributed by atoms with Gasteiger partial charge in [-0.25, -0.2) is 8.42 Å². The summed E-state index contributed by atoms with van der Waals surface area (Å²) < 4.78 is 29.8. The van der Waals surface area contributed by atoms with Crippen LogP contribution >= 0.6 is 0 Å². The Kier molecular flexibility index (Phi) is 6.43. The van der Waals surface area contributed by atoms with E-state index in [0.29, 0.717) is 13.1 Å². The van der Waals surface area contributed by atoms with Crippen LogP contribution in [0.25, 0.3) is 0 Å². The van der Waals surface area contributed by atoms with Gasteiger partial charge in [-0.05, 0) is 29.8 Å². The van der Waals surface area contributed by atoms with Gasteiger partial charge in [0.2, 0.25) is 15.9 Å². The van der Waals surface area contributed by atoms with Crippen LogP contribution in [0.15, 0.2) is 77.8 Å². The highest BCUT2D eigenvalue weighted by Crippen LogP contribution is 2.32. The van der Waals surface area contributed by atoms with E-state index < -0.39 is 10.0 Å². The van der Waals surface area contributed by atoms with Crippen molar-refractivity contribution in [2.45, 2.75) is 17.5 Å². The van der Waals surface area contributed by atoms with Crippen LogP contribution in [0.5, 0.6) is 0 Å². The lowest BCUT2D eigenvalue weighted by molar-refractivity contribution is -0.134. The summed E-state index contributed by atoms with van der Waals surface area (Å²) in [4.78, 5) is 17.3. The van der Waals surface area contributed by atoms with Crippen LogP contribution < -0.4 is 0 Å². The van der Waals surface area contributed by atoms with Crippen LogP contribution in [-0.2, 0) is 21.4 Å². The third-order valence-corrected chi connectivity index (χ3v) is 8.77. The largest absolute Gasteiger partial charge is 0.348 e. The fourth-order valence-electron chi connectivity index (χ4n) is 4.99. The van der Waals surface area contributed by atoms with E-state index in [-0.39, 0.29) is 42.0 Å². The molecule has 180 valence electrons. The molecule has 0 radical (unpaired) electrons. The number of hydrogen-bond acceptors (Lipinski definition) is 5. The number of piperazine rings is 1. The molecule has 0 spiro atoms. The second-order valence-corrected chi connectivity index (χ2v) is 10.7. The summed E-state index contributed by atoms with van der Waals surface area (Å²) in [5.74, 6) is 0.000380. The van der Waals surface area contributed by atoms with Crippen LogP contribution in [0, 0.1) is 11.3 Å². The zero-order valence-corrected chi connectivity index (χ0v) is 20.1. The average molecular weight is 490 g/mol. The number of hydrogen-bond donors (Lipinski definition) is 0. The first-order chi connectivity index (χ1) is 17.0. The van der Waals surface area contributed by atoms with Gasteiger partial charge in [0, 0.05) is 51.2 Å². The summed E-state index contributed by atoms with van der Waals surface area (Å²) in [6, 6.07) is 22.5. The molecule has 9 heteroatoms. The van der Waals surface area contributed by atoms with Gasteiger partial charge in [0.1, 0.15) is 6.07 Å². The molecule has 1 aromatic heterocycles. The maximum Gasteiger partial charge on any atom is 0.244 e. The van der Waals surface area contributed by atoms with Gasteiger partial charge < -0.3 is 9.47 Å². The lowest BCUT2D eigenvalue weighted by Gasteiger charge is -2.39. The Balaban J connectivity index is 1.27. The summed E-state index contributed by atoms with van der Waals surface area (Å²) >= 11 is 0. The smallest absolute Gasteiger partial charge is 0.244 e. The van der Waals surface area contributed by atoms with E-state index in [9.17, 15) is 18.5 Å². The molecule has 2 aromatic carbocycles. The van der Waals surface area contributed by atoms with Gasteiger partial charge in [0.15, 0.2) is 0 Å². The van der Waals surface area contributed by atoms with Gasteiger partial charge in [-0.1, -0.05) is 42.5 Å². The van der Waals surface area contributed by atoms with E-state index in [1.54, 1.807) is 17.0 Å². The quantitative estimate of drug-likeness (QED) is 0.549. The molecule has 1 unspecified atom stereocenters. The van der Waals surface area contributed by atoms with Gasteiger partial charge in [0.05, 0.1) is 23.0 Å². The molecule has 3 aromatic rings. The number of amides is 1. The number of nitriles is 1. The number of carbonyl (C=O) groups is 1. The molecule has 3 heterocycles. The molecule has 35 heavy (non-hydrogen) atoms. The first kappa shape index (κ1) is 23.3. The minimum atomic E-state index is -3.79. The molecule has 0 aliphatic carbocycles. The maximum atomic E-state index is 13.3. The predicted molar refractivity (Wildman–Crippen MR) is 131 cm³/mol. The number of nitrogens with zero attached hydrogens (tertiary/aromatic N) is 5. The normalized spacial score (nSPS) is 19.2. The molecule has 0 saturated carbocycles. The van der Waals surface area contributed by atoms with Crippen molar-refractivity contribution in [2.75, 3.05) is 39.3 Å². The van der Waals surface area contributed by atoms with Gasteiger partial charge >= 0.3 is 0 Å². The monoisotopic (exact) mass is 489 g/mol.